The lowest BCUT2D eigenvalue weighted by atomic mass is 9.77. The molecule has 2 fully saturated rings. The van der Waals surface area contributed by atoms with Crippen molar-refractivity contribution in [3.05, 3.63) is 35.4 Å². The van der Waals surface area contributed by atoms with Crippen molar-refractivity contribution in [3.63, 3.8) is 0 Å². The molecule has 2 unspecified atom stereocenters. The Bertz CT molecular complexity index is 414. The average molecular weight is 237 g/mol. The maximum Gasteiger partial charge on any atom is 0.129 e. The summed E-state index contributed by atoms with van der Waals surface area (Å²) in [6, 6.07) is 4.08. The fourth-order valence-corrected chi connectivity index (χ4v) is 3.47. The normalized spacial score (nSPS) is 34.8. The lowest BCUT2D eigenvalue weighted by Gasteiger charge is -2.29. The Kier molecular flexibility index (Phi) is 2.47. The molecule has 2 N–H and O–H groups in total. The quantitative estimate of drug-likeness (QED) is 0.859. The fraction of sp³-hybridized carbons (Fsp3) is 0.571. The lowest BCUT2D eigenvalue weighted by molar-refractivity contribution is 0.266. The predicted octanol–water partition coefficient (Wildman–Crippen LogP) is 2.88. The van der Waals surface area contributed by atoms with E-state index in [2.05, 4.69) is 0 Å². The second kappa shape index (κ2) is 3.77. The zero-order valence-corrected chi connectivity index (χ0v) is 9.76. The largest absolute Gasteiger partial charge is 0.330 e. The average Bonchev–Trinajstić information content (AvgIpc) is 2.93. The molecule has 2 aliphatic carbocycles. The highest BCUT2D eigenvalue weighted by atomic mass is 19.1. The second-order valence-corrected chi connectivity index (χ2v) is 5.75. The van der Waals surface area contributed by atoms with Gasteiger partial charge >= 0.3 is 0 Å². The van der Waals surface area contributed by atoms with E-state index in [4.69, 9.17) is 5.73 Å². The van der Waals surface area contributed by atoms with Crippen molar-refractivity contribution in [1.29, 1.82) is 0 Å². The summed E-state index contributed by atoms with van der Waals surface area (Å²) < 4.78 is 27.3. The van der Waals surface area contributed by atoms with E-state index in [0.717, 1.165) is 24.7 Å². The standard InChI is InChI=1S/C14H17F2N/c15-12-2-1-3-13(16)11(12)7-14(8-17)5-9-4-10(9)6-14/h1-3,9-10H,4-8,17H2. The third-order valence-corrected chi connectivity index (χ3v) is 4.51. The van der Waals surface area contributed by atoms with E-state index in [-0.39, 0.29) is 11.0 Å². The highest BCUT2D eigenvalue weighted by molar-refractivity contribution is 5.22. The third-order valence-electron chi connectivity index (χ3n) is 4.51. The zero-order valence-electron chi connectivity index (χ0n) is 9.76. The number of benzene rings is 1. The number of nitrogens with two attached hydrogens (primary N) is 1. The van der Waals surface area contributed by atoms with E-state index in [1.165, 1.54) is 24.6 Å². The first-order valence-corrected chi connectivity index (χ1v) is 6.26. The van der Waals surface area contributed by atoms with E-state index in [1.54, 1.807) is 0 Å². The first-order chi connectivity index (χ1) is 8.13. The summed E-state index contributed by atoms with van der Waals surface area (Å²) in [5, 5.41) is 0. The van der Waals surface area contributed by atoms with Crippen molar-refractivity contribution in [1.82, 2.24) is 0 Å². The van der Waals surface area contributed by atoms with Crippen LogP contribution in [0.25, 0.3) is 0 Å². The summed E-state index contributed by atoms with van der Waals surface area (Å²) in [7, 11) is 0. The Morgan fingerprint density at radius 1 is 1.18 bits per heavy atom. The van der Waals surface area contributed by atoms with Crippen LogP contribution in [0.2, 0.25) is 0 Å². The molecule has 0 radical (unpaired) electrons. The van der Waals surface area contributed by atoms with Gasteiger partial charge in [0.25, 0.3) is 0 Å². The van der Waals surface area contributed by atoms with Crippen LogP contribution in [-0.2, 0) is 6.42 Å². The zero-order chi connectivity index (χ0) is 12.0. The summed E-state index contributed by atoms with van der Waals surface area (Å²) in [4.78, 5) is 0. The van der Waals surface area contributed by atoms with Crippen LogP contribution in [0.1, 0.15) is 24.8 Å². The van der Waals surface area contributed by atoms with E-state index < -0.39 is 11.6 Å². The molecule has 17 heavy (non-hydrogen) atoms. The van der Waals surface area contributed by atoms with Crippen molar-refractivity contribution < 1.29 is 8.78 Å². The lowest BCUT2D eigenvalue weighted by Crippen LogP contribution is -2.32. The topological polar surface area (TPSA) is 26.0 Å². The molecule has 0 spiro atoms. The third kappa shape index (κ3) is 1.86. The van der Waals surface area contributed by atoms with Crippen LogP contribution in [0.5, 0.6) is 0 Å². The maximum atomic E-state index is 13.6. The van der Waals surface area contributed by atoms with Crippen LogP contribution in [0, 0.1) is 28.9 Å². The van der Waals surface area contributed by atoms with Gasteiger partial charge in [-0.1, -0.05) is 6.07 Å². The fourth-order valence-electron chi connectivity index (χ4n) is 3.47. The van der Waals surface area contributed by atoms with Gasteiger partial charge in [-0.15, -0.1) is 0 Å². The van der Waals surface area contributed by atoms with Crippen LogP contribution in [0.15, 0.2) is 18.2 Å². The minimum Gasteiger partial charge on any atom is -0.330 e. The van der Waals surface area contributed by atoms with Crippen LogP contribution in [-0.4, -0.2) is 6.54 Å². The monoisotopic (exact) mass is 237 g/mol. The van der Waals surface area contributed by atoms with Gasteiger partial charge in [0.05, 0.1) is 0 Å². The number of fused-ring (bicyclic) bond motifs is 1. The first kappa shape index (κ1) is 11.1. The first-order valence-electron chi connectivity index (χ1n) is 6.26. The summed E-state index contributed by atoms with van der Waals surface area (Å²) in [5.41, 5.74) is 6.02. The van der Waals surface area contributed by atoms with Gasteiger partial charge < -0.3 is 5.73 Å². The van der Waals surface area contributed by atoms with E-state index in [1.807, 2.05) is 0 Å². The summed E-state index contributed by atoms with van der Waals surface area (Å²) in [6.07, 6.45) is 3.83. The molecule has 1 aromatic carbocycles. The van der Waals surface area contributed by atoms with Crippen LogP contribution < -0.4 is 5.73 Å². The van der Waals surface area contributed by atoms with Crippen LogP contribution in [0.4, 0.5) is 8.78 Å². The molecule has 0 heterocycles. The molecular formula is C14H17F2N. The molecule has 1 nitrogen and oxygen atoms in total. The molecule has 0 aliphatic heterocycles. The molecule has 2 saturated carbocycles. The van der Waals surface area contributed by atoms with E-state index >= 15 is 0 Å². The summed E-state index contributed by atoms with van der Waals surface area (Å²) in [6.45, 7) is 0.535. The molecule has 0 amide bonds. The van der Waals surface area contributed by atoms with Crippen molar-refractivity contribution in [2.75, 3.05) is 6.54 Å². The molecule has 1 aromatic rings. The molecule has 0 saturated heterocycles. The van der Waals surface area contributed by atoms with Gasteiger partial charge in [-0.05, 0) is 61.6 Å². The minimum atomic E-state index is -0.432. The Balaban J connectivity index is 1.86. The van der Waals surface area contributed by atoms with Gasteiger partial charge in [0, 0.05) is 5.56 Å². The minimum absolute atomic E-state index is 0.0589. The number of rotatable bonds is 3. The molecule has 2 aliphatic rings. The van der Waals surface area contributed by atoms with Gasteiger partial charge in [0.15, 0.2) is 0 Å². The van der Waals surface area contributed by atoms with Crippen LogP contribution in [0.3, 0.4) is 0 Å². The van der Waals surface area contributed by atoms with Gasteiger partial charge in [-0.25, -0.2) is 8.78 Å². The van der Waals surface area contributed by atoms with Crippen molar-refractivity contribution >= 4 is 0 Å². The van der Waals surface area contributed by atoms with Gasteiger partial charge in [-0.3, -0.25) is 0 Å². The summed E-state index contributed by atoms with van der Waals surface area (Å²) in [5.74, 6) is 0.679. The maximum absolute atomic E-state index is 13.6. The summed E-state index contributed by atoms with van der Waals surface area (Å²) >= 11 is 0. The smallest absolute Gasteiger partial charge is 0.129 e. The van der Waals surface area contributed by atoms with E-state index in [0.29, 0.717) is 13.0 Å². The number of hydrogen-bond acceptors (Lipinski definition) is 1. The number of hydrogen-bond donors (Lipinski definition) is 1. The van der Waals surface area contributed by atoms with Crippen molar-refractivity contribution in [3.8, 4) is 0 Å². The molecule has 0 aromatic heterocycles. The molecule has 3 heteroatoms. The molecule has 92 valence electrons. The molecule has 0 bridgehead atoms. The second-order valence-electron chi connectivity index (χ2n) is 5.75. The van der Waals surface area contributed by atoms with Crippen LogP contribution >= 0.6 is 0 Å². The van der Waals surface area contributed by atoms with Crippen molar-refractivity contribution in [2.24, 2.45) is 23.0 Å². The van der Waals surface area contributed by atoms with Gasteiger partial charge in [-0.2, -0.15) is 0 Å². The van der Waals surface area contributed by atoms with E-state index in [9.17, 15) is 8.78 Å². The molecular weight excluding hydrogens is 220 g/mol. The van der Waals surface area contributed by atoms with Crippen molar-refractivity contribution in [2.45, 2.75) is 25.7 Å². The highest BCUT2D eigenvalue weighted by Gasteiger charge is 2.53. The Labute approximate surface area is 100 Å². The predicted molar refractivity (Wildman–Crippen MR) is 62.4 cm³/mol. The van der Waals surface area contributed by atoms with Gasteiger partial charge in [0.2, 0.25) is 0 Å². The Morgan fingerprint density at radius 2 is 1.76 bits per heavy atom. The molecule has 2 atom stereocenters. The van der Waals surface area contributed by atoms with Gasteiger partial charge in [0.1, 0.15) is 11.6 Å². The SMILES string of the molecule is NCC1(Cc2c(F)cccc2F)CC2CC2C1. The Hall–Kier alpha value is -0.960. The number of halogens is 2. The highest BCUT2D eigenvalue weighted by Crippen LogP contribution is 2.60. The Morgan fingerprint density at radius 3 is 2.29 bits per heavy atom. The molecule has 3 rings (SSSR count).